The van der Waals surface area contributed by atoms with Gasteiger partial charge in [-0.25, -0.2) is 4.98 Å². The molecular formula is C22H25N5. The topological polar surface area (TPSA) is 46.0 Å². The fourth-order valence-electron chi connectivity index (χ4n) is 4.81. The molecule has 0 atom stereocenters. The third kappa shape index (κ3) is 2.92. The Morgan fingerprint density at radius 3 is 2.63 bits per heavy atom. The van der Waals surface area contributed by atoms with Crippen LogP contribution in [0.4, 0.5) is 5.82 Å². The highest BCUT2D eigenvalue weighted by Crippen LogP contribution is 2.53. The van der Waals surface area contributed by atoms with Crippen molar-refractivity contribution in [2.75, 3.05) is 25.5 Å². The number of likely N-dealkylation sites (tertiary alicyclic amines) is 1. The SMILES string of the molecule is C=C(Nc1cc2cc(-c3cnn(C)c3)ccc2cn1)C1CC2(C1)CN(C)C2. The van der Waals surface area contributed by atoms with Crippen LogP contribution in [0.15, 0.2) is 55.1 Å². The zero-order valence-electron chi connectivity index (χ0n) is 15.9. The van der Waals surface area contributed by atoms with E-state index in [1.165, 1.54) is 36.9 Å². The van der Waals surface area contributed by atoms with Gasteiger partial charge in [0.15, 0.2) is 0 Å². The zero-order valence-corrected chi connectivity index (χ0v) is 15.9. The van der Waals surface area contributed by atoms with Crippen LogP contribution in [-0.4, -0.2) is 39.8 Å². The van der Waals surface area contributed by atoms with Crippen molar-refractivity contribution in [1.29, 1.82) is 0 Å². The lowest BCUT2D eigenvalue weighted by Crippen LogP contribution is -2.61. The van der Waals surface area contributed by atoms with E-state index in [0.717, 1.165) is 22.5 Å². The van der Waals surface area contributed by atoms with Gasteiger partial charge in [-0.05, 0) is 54.3 Å². The van der Waals surface area contributed by atoms with Gasteiger partial charge in [0.25, 0.3) is 0 Å². The van der Waals surface area contributed by atoms with Crippen LogP contribution < -0.4 is 5.32 Å². The van der Waals surface area contributed by atoms with E-state index in [0.29, 0.717) is 11.3 Å². The molecule has 27 heavy (non-hydrogen) atoms. The van der Waals surface area contributed by atoms with Gasteiger partial charge in [0.2, 0.25) is 0 Å². The number of benzene rings is 1. The summed E-state index contributed by atoms with van der Waals surface area (Å²) in [7, 11) is 4.14. The van der Waals surface area contributed by atoms with Gasteiger partial charge >= 0.3 is 0 Å². The first-order valence-corrected chi connectivity index (χ1v) is 9.53. The van der Waals surface area contributed by atoms with Crippen molar-refractivity contribution >= 4 is 16.6 Å². The van der Waals surface area contributed by atoms with Crippen LogP contribution in [0, 0.1) is 11.3 Å². The number of pyridine rings is 1. The summed E-state index contributed by atoms with van der Waals surface area (Å²) < 4.78 is 1.83. The Labute approximate surface area is 159 Å². The van der Waals surface area contributed by atoms with Crippen LogP contribution in [0.5, 0.6) is 0 Å². The first-order chi connectivity index (χ1) is 13.0. The van der Waals surface area contributed by atoms with Crippen LogP contribution >= 0.6 is 0 Å². The van der Waals surface area contributed by atoms with E-state index in [4.69, 9.17) is 0 Å². The maximum atomic E-state index is 4.58. The molecule has 3 aromatic rings. The third-order valence-corrected chi connectivity index (χ3v) is 6.11. The molecule has 0 amide bonds. The quantitative estimate of drug-likeness (QED) is 0.767. The molecule has 0 bridgehead atoms. The van der Waals surface area contributed by atoms with Crippen molar-refractivity contribution in [1.82, 2.24) is 19.7 Å². The standard InChI is InChI=1S/C22H25N5/c1-15(19-8-22(9-19)13-26(2)14-22)25-21-7-18-6-16(4-5-17(18)10-23-21)20-11-24-27(3)12-20/h4-7,10-12,19H,1,8-9,13-14H2,2-3H3,(H,23,25). The van der Waals surface area contributed by atoms with Crippen molar-refractivity contribution in [3.63, 3.8) is 0 Å². The molecule has 5 heteroatoms. The summed E-state index contributed by atoms with van der Waals surface area (Å²) in [5.74, 6) is 1.44. The van der Waals surface area contributed by atoms with Crippen molar-refractivity contribution in [3.8, 4) is 11.1 Å². The molecule has 3 heterocycles. The van der Waals surface area contributed by atoms with E-state index in [2.05, 4.69) is 58.2 Å². The second kappa shape index (κ2) is 5.92. The lowest BCUT2D eigenvalue weighted by Gasteiger charge is -2.58. The van der Waals surface area contributed by atoms with Gasteiger partial charge in [-0.1, -0.05) is 18.7 Å². The maximum absolute atomic E-state index is 4.58. The summed E-state index contributed by atoms with van der Waals surface area (Å²) in [4.78, 5) is 6.98. The van der Waals surface area contributed by atoms with Crippen LogP contribution in [0.25, 0.3) is 21.9 Å². The molecule has 1 saturated heterocycles. The molecule has 5 nitrogen and oxygen atoms in total. The molecule has 2 aliphatic rings. The molecule has 1 aliphatic carbocycles. The number of aryl methyl sites for hydroxylation is 1. The fraction of sp³-hybridized carbons (Fsp3) is 0.364. The Hall–Kier alpha value is -2.66. The molecule has 2 aromatic heterocycles. The largest absolute Gasteiger partial charge is 0.344 e. The predicted molar refractivity (Wildman–Crippen MR) is 109 cm³/mol. The lowest BCUT2D eigenvalue weighted by molar-refractivity contribution is -0.0703. The molecule has 0 radical (unpaired) electrons. The third-order valence-electron chi connectivity index (χ3n) is 6.11. The molecule has 5 rings (SSSR count). The minimum absolute atomic E-state index is 0.568. The average Bonchev–Trinajstić information content (AvgIpc) is 3.02. The smallest absolute Gasteiger partial charge is 0.130 e. The lowest BCUT2D eigenvalue weighted by atomic mass is 9.57. The number of allylic oxidation sites excluding steroid dienone is 1. The Morgan fingerprint density at radius 2 is 1.93 bits per heavy atom. The van der Waals surface area contributed by atoms with Crippen LogP contribution in [-0.2, 0) is 7.05 Å². The Kier molecular flexibility index (Phi) is 3.62. The summed E-state index contributed by atoms with van der Waals surface area (Å²) in [6, 6.07) is 8.55. The number of anilines is 1. The van der Waals surface area contributed by atoms with Crippen LogP contribution in [0.2, 0.25) is 0 Å². The first-order valence-electron chi connectivity index (χ1n) is 9.53. The molecule has 1 aliphatic heterocycles. The van der Waals surface area contributed by atoms with Crippen molar-refractivity contribution in [2.24, 2.45) is 18.4 Å². The summed E-state index contributed by atoms with van der Waals surface area (Å²) in [5, 5.41) is 10.0. The van der Waals surface area contributed by atoms with Gasteiger partial charge in [0, 0.05) is 49.2 Å². The highest BCUT2D eigenvalue weighted by Gasteiger charge is 2.51. The average molecular weight is 359 g/mol. The molecular weight excluding hydrogens is 334 g/mol. The Morgan fingerprint density at radius 1 is 1.11 bits per heavy atom. The molecule has 2 fully saturated rings. The summed E-state index contributed by atoms with van der Waals surface area (Å²) >= 11 is 0. The van der Waals surface area contributed by atoms with E-state index >= 15 is 0 Å². The van der Waals surface area contributed by atoms with E-state index in [-0.39, 0.29) is 0 Å². The normalized spacial score (nSPS) is 19.0. The number of rotatable bonds is 4. The zero-order chi connectivity index (χ0) is 18.6. The number of fused-ring (bicyclic) bond motifs is 1. The highest BCUT2D eigenvalue weighted by molar-refractivity contribution is 5.88. The maximum Gasteiger partial charge on any atom is 0.130 e. The molecule has 0 unspecified atom stereocenters. The summed E-state index contributed by atoms with van der Waals surface area (Å²) in [6.45, 7) is 6.76. The fourth-order valence-corrected chi connectivity index (χ4v) is 4.81. The van der Waals surface area contributed by atoms with Gasteiger partial charge in [-0.2, -0.15) is 5.10 Å². The number of hydrogen-bond acceptors (Lipinski definition) is 4. The molecule has 1 saturated carbocycles. The van der Waals surface area contributed by atoms with Gasteiger partial charge in [0.05, 0.1) is 6.20 Å². The molecule has 138 valence electrons. The van der Waals surface area contributed by atoms with Gasteiger partial charge < -0.3 is 10.2 Å². The Balaban J connectivity index is 1.32. The number of hydrogen-bond donors (Lipinski definition) is 1. The van der Waals surface area contributed by atoms with Crippen LogP contribution in [0.1, 0.15) is 12.8 Å². The first kappa shape index (κ1) is 16.5. The highest BCUT2D eigenvalue weighted by atomic mass is 15.2. The molecule has 1 spiro atoms. The summed E-state index contributed by atoms with van der Waals surface area (Å²) in [6.07, 6.45) is 8.37. The van der Waals surface area contributed by atoms with E-state index in [1.54, 1.807) is 0 Å². The van der Waals surface area contributed by atoms with E-state index < -0.39 is 0 Å². The van der Waals surface area contributed by atoms with Crippen molar-refractivity contribution in [2.45, 2.75) is 12.8 Å². The van der Waals surface area contributed by atoms with Crippen molar-refractivity contribution in [3.05, 3.63) is 55.1 Å². The number of aromatic nitrogens is 3. The van der Waals surface area contributed by atoms with E-state index in [9.17, 15) is 0 Å². The summed E-state index contributed by atoms with van der Waals surface area (Å²) in [5.41, 5.74) is 3.96. The van der Waals surface area contributed by atoms with E-state index in [1.807, 2.05) is 30.3 Å². The van der Waals surface area contributed by atoms with Crippen LogP contribution in [0.3, 0.4) is 0 Å². The number of nitrogens with zero attached hydrogens (tertiary/aromatic N) is 4. The van der Waals surface area contributed by atoms with Crippen molar-refractivity contribution < 1.29 is 0 Å². The Bertz CT molecular complexity index is 1020. The van der Waals surface area contributed by atoms with Gasteiger partial charge in [0.1, 0.15) is 5.82 Å². The molecule has 1 N–H and O–H groups in total. The minimum atomic E-state index is 0.568. The second-order valence-corrected chi connectivity index (χ2v) is 8.46. The second-order valence-electron chi connectivity index (χ2n) is 8.46. The number of nitrogens with one attached hydrogen (secondary N) is 1. The molecule has 1 aromatic carbocycles. The van der Waals surface area contributed by atoms with Gasteiger partial charge in [-0.3, -0.25) is 4.68 Å². The minimum Gasteiger partial charge on any atom is -0.344 e. The predicted octanol–water partition coefficient (Wildman–Crippen LogP) is 3.90. The van der Waals surface area contributed by atoms with Gasteiger partial charge in [-0.15, -0.1) is 0 Å². The monoisotopic (exact) mass is 359 g/mol.